The molecule has 1 radical (unpaired) electrons. The monoisotopic (exact) mass is 124 g/mol. The summed E-state index contributed by atoms with van der Waals surface area (Å²) in [7, 11) is 3.63. The van der Waals surface area contributed by atoms with Gasteiger partial charge in [-0.15, -0.1) is 0 Å². The SMILES string of the molecule is [CH2]n1nc(C)c(N)c1C. The molecule has 0 fully saturated rings. The van der Waals surface area contributed by atoms with E-state index in [1.54, 1.807) is 0 Å². The van der Waals surface area contributed by atoms with Crippen molar-refractivity contribution in [3.63, 3.8) is 0 Å². The Morgan fingerprint density at radius 3 is 2.22 bits per heavy atom. The van der Waals surface area contributed by atoms with E-state index < -0.39 is 0 Å². The summed E-state index contributed by atoms with van der Waals surface area (Å²) < 4.78 is 1.53. The summed E-state index contributed by atoms with van der Waals surface area (Å²) in [6, 6.07) is 0. The zero-order chi connectivity index (χ0) is 7.02. The summed E-state index contributed by atoms with van der Waals surface area (Å²) >= 11 is 0. The smallest absolute Gasteiger partial charge is 0.0825 e. The van der Waals surface area contributed by atoms with Gasteiger partial charge >= 0.3 is 0 Å². The number of rotatable bonds is 0. The minimum absolute atomic E-state index is 0.741. The Hall–Kier alpha value is -0.990. The predicted molar refractivity (Wildman–Crippen MR) is 36.9 cm³/mol. The van der Waals surface area contributed by atoms with Crippen LogP contribution in [0.3, 0.4) is 0 Å². The number of aromatic nitrogens is 2. The van der Waals surface area contributed by atoms with Gasteiger partial charge in [0.1, 0.15) is 0 Å². The zero-order valence-electron chi connectivity index (χ0n) is 5.68. The van der Waals surface area contributed by atoms with Crippen molar-refractivity contribution in [2.75, 3.05) is 5.73 Å². The Morgan fingerprint density at radius 2 is 2.11 bits per heavy atom. The predicted octanol–water partition coefficient (Wildman–Crippen LogP) is 0.722. The molecule has 1 heterocycles. The first kappa shape index (κ1) is 6.13. The van der Waals surface area contributed by atoms with Crippen LogP contribution in [0.4, 0.5) is 5.69 Å². The van der Waals surface area contributed by atoms with E-state index in [0.29, 0.717) is 0 Å². The minimum Gasteiger partial charge on any atom is -0.396 e. The van der Waals surface area contributed by atoms with Gasteiger partial charge < -0.3 is 5.73 Å². The fourth-order valence-corrected chi connectivity index (χ4v) is 0.711. The number of nitrogens with two attached hydrogens (primary N) is 1. The van der Waals surface area contributed by atoms with Crippen molar-refractivity contribution in [2.24, 2.45) is 0 Å². The Morgan fingerprint density at radius 1 is 1.56 bits per heavy atom. The topological polar surface area (TPSA) is 43.8 Å². The van der Waals surface area contributed by atoms with Gasteiger partial charge in [0.25, 0.3) is 0 Å². The summed E-state index contributed by atoms with van der Waals surface area (Å²) in [4.78, 5) is 0. The lowest BCUT2D eigenvalue weighted by atomic mass is 10.3. The molecule has 1 aromatic heterocycles. The van der Waals surface area contributed by atoms with Gasteiger partial charge in [-0.2, -0.15) is 5.10 Å². The van der Waals surface area contributed by atoms with Gasteiger partial charge in [0.05, 0.1) is 24.1 Å². The summed E-state index contributed by atoms with van der Waals surface area (Å²) in [5.41, 5.74) is 8.09. The van der Waals surface area contributed by atoms with E-state index in [4.69, 9.17) is 5.73 Å². The van der Waals surface area contributed by atoms with Gasteiger partial charge in [-0.05, 0) is 13.8 Å². The number of anilines is 1. The van der Waals surface area contributed by atoms with E-state index in [1.807, 2.05) is 13.8 Å². The van der Waals surface area contributed by atoms with Crippen LogP contribution in [-0.2, 0) is 0 Å². The fraction of sp³-hybridized carbons (Fsp3) is 0.333. The Labute approximate surface area is 54.5 Å². The number of nitrogen functional groups attached to an aromatic ring is 1. The van der Waals surface area contributed by atoms with Crippen LogP contribution in [0.15, 0.2) is 0 Å². The number of aryl methyl sites for hydroxylation is 1. The largest absolute Gasteiger partial charge is 0.396 e. The molecule has 0 saturated heterocycles. The molecule has 0 unspecified atom stereocenters. The average molecular weight is 124 g/mol. The average Bonchev–Trinajstić information content (AvgIpc) is 1.98. The molecular weight excluding hydrogens is 114 g/mol. The van der Waals surface area contributed by atoms with E-state index in [1.165, 1.54) is 4.68 Å². The van der Waals surface area contributed by atoms with Gasteiger partial charge in [0, 0.05) is 0 Å². The summed E-state index contributed by atoms with van der Waals surface area (Å²) in [6.45, 7) is 3.76. The van der Waals surface area contributed by atoms with Gasteiger partial charge in [-0.1, -0.05) is 0 Å². The molecule has 0 saturated carbocycles. The van der Waals surface area contributed by atoms with Crippen LogP contribution in [0.2, 0.25) is 0 Å². The number of hydrogen-bond donors (Lipinski definition) is 1. The zero-order valence-corrected chi connectivity index (χ0v) is 5.68. The fourth-order valence-electron chi connectivity index (χ4n) is 0.711. The Kier molecular flexibility index (Phi) is 1.20. The maximum atomic E-state index is 5.58. The third-order valence-corrected chi connectivity index (χ3v) is 1.44. The molecule has 0 aliphatic carbocycles. The van der Waals surface area contributed by atoms with Crippen LogP contribution in [-0.4, -0.2) is 9.78 Å². The van der Waals surface area contributed by atoms with Gasteiger partial charge in [0.15, 0.2) is 0 Å². The normalized spacial score (nSPS) is 10.1. The highest BCUT2D eigenvalue weighted by molar-refractivity contribution is 5.46. The lowest BCUT2D eigenvalue weighted by Gasteiger charge is -1.90. The highest BCUT2D eigenvalue weighted by atomic mass is 15.3. The molecule has 9 heavy (non-hydrogen) atoms. The molecule has 0 spiro atoms. The molecule has 0 aliphatic rings. The van der Waals surface area contributed by atoms with E-state index in [9.17, 15) is 0 Å². The van der Waals surface area contributed by atoms with Crippen molar-refractivity contribution in [1.29, 1.82) is 0 Å². The quantitative estimate of drug-likeness (QED) is 0.554. The van der Waals surface area contributed by atoms with Gasteiger partial charge in [-0.3, -0.25) is 4.68 Å². The van der Waals surface area contributed by atoms with Crippen molar-refractivity contribution in [3.05, 3.63) is 18.4 Å². The number of nitrogens with zero attached hydrogens (tertiary/aromatic N) is 2. The van der Waals surface area contributed by atoms with Crippen molar-refractivity contribution < 1.29 is 0 Å². The maximum Gasteiger partial charge on any atom is 0.0825 e. The van der Waals surface area contributed by atoms with Crippen LogP contribution in [0.1, 0.15) is 11.4 Å². The third-order valence-electron chi connectivity index (χ3n) is 1.44. The molecule has 0 atom stereocenters. The second-order valence-electron chi connectivity index (χ2n) is 2.08. The van der Waals surface area contributed by atoms with E-state index in [0.717, 1.165) is 17.1 Å². The molecular formula is C6H10N3. The molecule has 2 N–H and O–H groups in total. The minimum atomic E-state index is 0.741. The van der Waals surface area contributed by atoms with Crippen molar-refractivity contribution in [3.8, 4) is 0 Å². The molecule has 49 valence electrons. The molecule has 1 rings (SSSR count). The maximum absolute atomic E-state index is 5.58. The molecule has 0 bridgehead atoms. The van der Waals surface area contributed by atoms with Gasteiger partial charge in [0.2, 0.25) is 0 Å². The Balaban J connectivity index is 3.29. The van der Waals surface area contributed by atoms with Crippen LogP contribution < -0.4 is 5.73 Å². The lowest BCUT2D eigenvalue weighted by molar-refractivity contribution is 0.830. The molecule has 0 aliphatic heterocycles. The number of hydrogen-bond acceptors (Lipinski definition) is 2. The highest BCUT2D eigenvalue weighted by Gasteiger charge is 2.02. The molecule has 0 amide bonds. The first-order chi connectivity index (χ1) is 4.13. The van der Waals surface area contributed by atoms with E-state index in [-0.39, 0.29) is 0 Å². The molecule has 1 aromatic rings. The van der Waals surface area contributed by atoms with E-state index in [2.05, 4.69) is 12.1 Å². The summed E-state index contributed by atoms with van der Waals surface area (Å²) in [6.07, 6.45) is 0. The highest BCUT2D eigenvalue weighted by Crippen LogP contribution is 2.12. The van der Waals surface area contributed by atoms with Crippen LogP contribution in [0, 0.1) is 20.9 Å². The summed E-state index contributed by atoms with van der Waals surface area (Å²) in [5, 5.41) is 3.99. The molecule has 3 nitrogen and oxygen atoms in total. The summed E-state index contributed by atoms with van der Waals surface area (Å²) in [5.74, 6) is 0. The lowest BCUT2D eigenvalue weighted by Crippen LogP contribution is -1.91. The first-order valence-electron chi connectivity index (χ1n) is 2.75. The third kappa shape index (κ3) is 0.781. The first-order valence-corrected chi connectivity index (χ1v) is 2.75. The van der Waals surface area contributed by atoms with Crippen LogP contribution in [0.5, 0.6) is 0 Å². The Bertz CT molecular complexity index is 202. The van der Waals surface area contributed by atoms with Gasteiger partial charge in [-0.25, -0.2) is 0 Å². The van der Waals surface area contributed by atoms with Crippen molar-refractivity contribution in [2.45, 2.75) is 13.8 Å². The van der Waals surface area contributed by atoms with Crippen molar-refractivity contribution >= 4 is 5.69 Å². The van der Waals surface area contributed by atoms with Crippen LogP contribution >= 0.6 is 0 Å². The van der Waals surface area contributed by atoms with Crippen molar-refractivity contribution in [1.82, 2.24) is 9.78 Å². The second-order valence-corrected chi connectivity index (χ2v) is 2.08. The molecule has 3 heteroatoms. The van der Waals surface area contributed by atoms with E-state index >= 15 is 0 Å². The second kappa shape index (κ2) is 1.76. The molecule has 0 aromatic carbocycles. The standard InChI is InChI=1S/C6H10N3/c1-4-6(7)5(2)9(3)8-4/h3,7H2,1-2H3. The van der Waals surface area contributed by atoms with Crippen LogP contribution in [0.25, 0.3) is 0 Å².